The Morgan fingerprint density at radius 3 is 2.62 bits per heavy atom. The highest BCUT2D eigenvalue weighted by Crippen LogP contribution is 2.40. The van der Waals surface area contributed by atoms with Crippen LogP contribution in [0.4, 0.5) is 10.1 Å². The maximum atomic E-state index is 14.8. The van der Waals surface area contributed by atoms with Crippen molar-refractivity contribution in [2.45, 2.75) is 39.2 Å². The van der Waals surface area contributed by atoms with Crippen molar-refractivity contribution in [2.24, 2.45) is 5.92 Å². The molecular formula is C19H20FN3O. The van der Waals surface area contributed by atoms with E-state index in [1.165, 1.54) is 12.1 Å². The highest BCUT2D eigenvalue weighted by atomic mass is 19.1. The van der Waals surface area contributed by atoms with Crippen molar-refractivity contribution in [3.63, 3.8) is 0 Å². The number of benzene rings is 1. The van der Waals surface area contributed by atoms with Crippen LogP contribution >= 0.6 is 0 Å². The van der Waals surface area contributed by atoms with Crippen molar-refractivity contribution in [1.82, 2.24) is 4.57 Å². The Bertz CT molecular complexity index is 936. The number of nitriles is 1. The molecule has 1 aliphatic carbocycles. The number of halogens is 1. The highest BCUT2D eigenvalue weighted by Gasteiger charge is 2.30. The summed E-state index contributed by atoms with van der Waals surface area (Å²) in [6, 6.07) is 5.12. The number of fused-ring (bicyclic) bond motifs is 1. The zero-order valence-corrected chi connectivity index (χ0v) is 14.0. The Kier molecular flexibility index (Phi) is 3.38. The SMILES string of the molecule is Cc1c(N2CC[C@H](C)C2)c(F)cc2cc(C#N)c(=O)n(C3CC3)c12. The first kappa shape index (κ1) is 15.2. The molecule has 2 heterocycles. The van der Waals surface area contributed by atoms with Crippen LogP contribution in [0, 0.1) is 30.0 Å². The van der Waals surface area contributed by atoms with Gasteiger partial charge >= 0.3 is 0 Å². The van der Waals surface area contributed by atoms with Crippen LogP contribution in [0.25, 0.3) is 10.9 Å². The van der Waals surface area contributed by atoms with Crippen molar-refractivity contribution >= 4 is 16.6 Å². The lowest BCUT2D eigenvalue weighted by molar-refractivity contribution is 0.619. The molecule has 1 saturated heterocycles. The monoisotopic (exact) mass is 325 g/mol. The van der Waals surface area contributed by atoms with E-state index in [4.69, 9.17) is 0 Å². The summed E-state index contributed by atoms with van der Waals surface area (Å²) in [7, 11) is 0. The van der Waals surface area contributed by atoms with Crippen molar-refractivity contribution < 1.29 is 4.39 Å². The Labute approximate surface area is 140 Å². The fourth-order valence-corrected chi connectivity index (χ4v) is 3.95. The first-order chi connectivity index (χ1) is 11.5. The first-order valence-electron chi connectivity index (χ1n) is 8.54. The predicted octanol–water partition coefficient (Wildman–Crippen LogP) is 3.50. The molecule has 4 nitrogen and oxygen atoms in total. The molecule has 2 aliphatic rings. The van der Waals surface area contributed by atoms with E-state index in [1.807, 2.05) is 13.0 Å². The molecule has 0 N–H and O–H groups in total. The van der Waals surface area contributed by atoms with Crippen LogP contribution in [0.5, 0.6) is 0 Å². The van der Waals surface area contributed by atoms with Gasteiger partial charge in [0.05, 0.1) is 11.2 Å². The molecule has 0 spiro atoms. The van der Waals surface area contributed by atoms with Crippen LogP contribution in [0.2, 0.25) is 0 Å². The second-order valence-electron chi connectivity index (χ2n) is 7.19. The second-order valence-corrected chi connectivity index (χ2v) is 7.19. The summed E-state index contributed by atoms with van der Waals surface area (Å²) in [4.78, 5) is 14.7. The number of rotatable bonds is 2. The molecule has 2 aromatic rings. The normalized spacial score (nSPS) is 20.6. The molecular weight excluding hydrogens is 305 g/mol. The Morgan fingerprint density at radius 1 is 1.29 bits per heavy atom. The van der Waals surface area contributed by atoms with Gasteiger partial charge in [-0.2, -0.15) is 5.26 Å². The fourth-order valence-electron chi connectivity index (χ4n) is 3.95. The maximum Gasteiger partial charge on any atom is 0.269 e. The van der Waals surface area contributed by atoms with Crippen LogP contribution in [0.3, 0.4) is 0 Å². The summed E-state index contributed by atoms with van der Waals surface area (Å²) in [5.74, 6) is 0.282. The quantitative estimate of drug-likeness (QED) is 0.849. The van der Waals surface area contributed by atoms with Crippen LogP contribution in [0.1, 0.15) is 43.4 Å². The Balaban J connectivity index is 2.03. The van der Waals surface area contributed by atoms with E-state index in [2.05, 4.69) is 11.8 Å². The Morgan fingerprint density at radius 2 is 2.04 bits per heavy atom. The van der Waals surface area contributed by atoms with Gasteiger partial charge in [0.15, 0.2) is 0 Å². The lowest BCUT2D eigenvalue weighted by Gasteiger charge is -2.24. The van der Waals surface area contributed by atoms with Gasteiger partial charge in [-0.3, -0.25) is 4.79 Å². The number of nitrogens with zero attached hydrogens (tertiary/aromatic N) is 3. The molecule has 1 aliphatic heterocycles. The van der Waals surface area contributed by atoms with Gasteiger partial charge in [0.2, 0.25) is 0 Å². The van der Waals surface area contributed by atoms with Crippen LogP contribution < -0.4 is 10.5 Å². The summed E-state index contributed by atoms with van der Waals surface area (Å²) in [6.45, 7) is 5.75. The van der Waals surface area contributed by atoms with Gasteiger partial charge in [-0.05, 0) is 49.8 Å². The molecule has 0 amide bonds. The molecule has 2 fully saturated rings. The third-order valence-corrected chi connectivity index (χ3v) is 5.25. The second kappa shape index (κ2) is 5.34. The van der Waals surface area contributed by atoms with Gasteiger partial charge in [-0.1, -0.05) is 6.92 Å². The minimum atomic E-state index is -0.265. The Hall–Kier alpha value is -2.35. The fraction of sp³-hybridized carbons (Fsp3) is 0.474. The van der Waals surface area contributed by atoms with E-state index in [9.17, 15) is 14.4 Å². The predicted molar refractivity (Wildman–Crippen MR) is 91.9 cm³/mol. The van der Waals surface area contributed by atoms with Crippen LogP contribution in [-0.4, -0.2) is 17.7 Å². The number of aromatic nitrogens is 1. The van der Waals surface area contributed by atoms with Gasteiger partial charge in [0.1, 0.15) is 17.4 Å². The maximum absolute atomic E-state index is 14.8. The number of pyridine rings is 1. The minimum Gasteiger partial charge on any atom is -0.369 e. The zero-order chi connectivity index (χ0) is 17.0. The van der Waals surface area contributed by atoms with E-state index in [1.54, 1.807) is 4.57 Å². The molecule has 0 bridgehead atoms. The largest absolute Gasteiger partial charge is 0.369 e. The number of hydrogen-bond donors (Lipinski definition) is 0. The van der Waals surface area contributed by atoms with Crippen LogP contribution in [0.15, 0.2) is 16.9 Å². The topological polar surface area (TPSA) is 49.0 Å². The number of anilines is 1. The molecule has 1 aromatic heterocycles. The van der Waals surface area contributed by atoms with E-state index in [0.717, 1.165) is 43.4 Å². The van der Waals surface area contributed by atoms with E-state index < -0.39 is 0 Å². The van der Waals surface area contributed by atoms with Crippen molar-refractivity contribution in [3.05, 3.63) is 39.4 Å². The van der Waals surface area contributed by atoms with Crippen molar-refractivity contribution in [2.75, 3.05) is 18.0 Å². The molecule has 24 heavy (non-hydrogen) atoms. The molecule has 1 saturated carbocycles. The third kappa shape index (κ3) is 2.21. The summed E-state index contributed by atoms with van der Waals surface area (Å²) < 4.78 is 16.6. The smallest absolute Gasteiger partial charge is 0.269 e. The summed E-state index contributed by atoms with van der Waals surface area (Å²) >= 11 is 0. The van der Waals surface area contributed by atoms with Gasteiger partial charge in [0, 0.05) is 24.5 Å². The lowest BCUT2D eigenvalue weighted by Crippen LogP contribution is -2.25. The van der Waals surface area contributed by atoms with E-state index in [-0.39, 0.29) is 23.0 Å². The van der Waals surface area contributed by atoms with Crippen molar-refractivity contribution in [1.29, 1.82) is 5.26 Å². The minimum absolute atomic E-state index is 0.0933. The number of hydrogen-bond acceptors (Lipinski definition) is 3. The van der Waals surface area contributed by atoms with Gasteiger partial charge in [0.25, 0.3) is 5.56 Å². The average molecular weight is 325 g/mol. The molecule has 0 radical (unpaired) electrons. The lowest BCUT2D eigenvalue weighted by atomic mass is 10.0. The van der Waals surface area contributed by atoms with Crippen molar-refractivity contribution in [3.8, 4) is 6.07 Å². The molecule has 124 valence electrons. The average Bonchev–Trinajstić information content (AvgIpc) is 3.29. The molecule has 0 unspecified atom stereocenters. The highest BCUT2D eigenvalue weighted by molar-refractivity contribution is 5.88. The summed E-state index contributed by atoms with van der Waals surface area (Å²) in [5.41, 5.74) is 2.06. The molecule has 4 rings (SSSR count). The standard InChI is InChI=1S/C19H20FN3O/c1-11-5-6-22(10-11)18-12(2)17-13(8-16(18)20)7-14(9-21)19(24)23(17)15-3-4-15/h7-8,11,15H,3-6,10H2,1-2H3/t11-/m0/s1. The number of aryl methyl sites for hydroxylation is 1. The first-order valence-corrected chi connectivity index (χ1v) is 8.54. The van der Waals surface area contributed by atoms with Crippen LogP contribution in [-0.2, 0) is 0 Å². The zero-order valence-electron chi connectivity index (χ0n) is 14.0. The molecule has 1 aromatic carbocycles. The summed E-state index contributed by atoms with van der Waals surface area (Å²) in [6.07, 6.45) is 2.94. The van der Waals surface area contributed by atoms with Gasteiger partial charge in [-0.25, -0.2) is 4.39 Å². The van der Waals surface area contributed by atoms with E-state index in [0.29, 0.717) is 17.0 Å². The van der Waals surface area contributed by atoms with Gasteiger partial charge < -0.3 is 9.47 Å². The van der Waals surface area contributed by atoms with E-state index >= 15 is 0 Å². The summed E-state index contributed by atoms with van der Waals surface area (Å²) in [5, 5.41) is 9.88. The van der Waals surface area contributed by atoms with Gasteiger partial charge in [-0.15, -0.1) is 0 Å². The molecule has 5 heteroatoms. The molecule has 1 atom stereocenters. The third-order valence-electron chi connectivity index (χ3n) is 5.25.